The van der Waals surface area contributed by atoms with E-state index in [1.807, 2.05) is 0 Å². The predicted molar refractivity (Wildman–Crippen MR) is 350 cm³/mol. The molecule has 0 amide bonds. The molecule has 10 rings (SSSR count). The second-order valence-electron chi connectivity index (χ2n) is 30.1. The van der Waals surface area contributed by atoms with Crippen LogP contribution in [0.15, 0.2) is 36.5 Å². The van der Waals surface area contributed by atoms with Crippen molar-refractivity contribution >= 4 is 29.8 Å². The summed E-state index contributed by atoms with van der Waals surface area (Å²) in [5.74, 6) is -8.19. The molecule has 39 atom stereocenters. The molecule has 10 fully saturated rings. The first-order valence-corrected chi connectivity index (χ1v) is 36.7. The molecule has 0 spiro atoms. The highest BCUT2D eigenvalue weighted by molar-refractivity contribution is 5.90. The number of aliphatic hydroxyl groups is 22. The zero-order valence-electron chi connectivity index (χ0n) is 58.7. The molecule has 39 heteroatoms. The molecule has 5 aliphatic heterocycles. The lowest BCUT2D eigenvalue weighted by Gasteiger charge is -2.50. The number of ether oxygens (including phenoxy) is 13. The Hall–Kier alpha value is -4.59. The Labute approximate surface area is 617 Å². The van der Waals surface area contributed by atoms with Gasteiger partial charge < -0.3 is 169 Å². The maximum atomic E-state index is 13.2. The molecular weight excluding hydrogens is 1450 g/mol. The van der Waals surface area contributed by atoms with Crippen molar-refractivity contribution in [1.29, 1.82) is 0 Å². The summed E-state index contributed by atoms with van der Waals surface area (Å²) in [4.78, 5) is 61.9. The van der Waals surface area contributed by atoms with Crippen LogP contribution in [-0.2, 0) is 80.8 Å². The molecule has 22 N–H and O–H groups in total. The van der Waals surface area contributed by atoms with Crippen molar-refractivity contribution in [3.8, 4) is 0 Å². The number of aliphatic carboxylic acids is 1. The van der Waals surface area contributed by atoms with Crippen LogP contribution in [0.4, 0.5) is 0 Å². The summed E-state index contributed by atoms with van der Waals surface area (Å²) in [6.07, 6.45) is -44.6. The summed E-state index contributed by atoms with van der Waals surface area (Å²) in [5, 5.41) is 227. The molecule has 0 aromatic rings. The highest BCUT2D eigenvalue weighted by Crippen LogP contribution is 2.45. The number of hydrogen-bond acceptors (Lipinski definition) is 37. The van der Waals surface area contributed by atoms with E-state index in [4.69, 9.17) is 66.7 Å². The molecular formula is C69H105O39+. The van der Waals surface area contributed by atoms with Gasteiger partial charge in [-0.2, -0.15) is 0 Å². The van der Waals surface area contributed by atoms with E-state index >= 15 is 0 Å². The average molecular weight is 1560 g/mol. The Morgan fingerprint density at radius 3 is 1.15 bits per heavy atom. The van der Waals surface area contributed by atoms with E-state index in [1.54, 1.807) is 0 Å². The number of carboxylic acid groups (broad SMARTS) is 1. The van der Waals surface area contributed by atoms with E-state index in [9.17, 15) is 126 Å². The van der Waals surface area contributed by atoms with Crippen LogP contribution in [0, 0.1) is 29.6 Å². The third kappa shape index (κ3) is 21.6. The molecule has 19 unspecified atom stereocenters. The van der Waals surface area contributed by atoms with Crippen LogP contribution in [0.25, 0.3) is 0 Å². The fourth-order valence-corrected chi connectivity index (χ4v) is 15.9. The molecule has 0 aromatic carbocycles. The highest BCUT2D eigenvalue weighted by Gasteiger charge is 2.59. The second-order valence-corrected chi connectivity index (χ2v) is 30.1. The van der Waals surface area contributed by atoms with Crippen molar-refractivity contribution in [2.75, 3.05) is 26.4 Å². The van der Waals surface area contributed by atoms with Gasteiger partial charge in [0.25, 0.3) is 0 Å². The normalized spacial score (nSPS) is 46.9. The molecule has 0 aromatic heterocycles. The third-order valence-corrected chi connectivity index (χ3v) is 22.3. The van der Waals surface area contributed by atoms with Crippen molar-refractivity contribution in [3.05, 3.63) is 36.5 Å². The number of esters is 4. The molecule has 5 saturated heterocycles. The van der Waals surface area contributed by atoms with Gasteiger partial charge in [-0.15, -0.1) is 0 Å². The Morgan fingerprint density at radius 1 is 0.343 bits per heavy atom. The Bertz CT molecular complexity index is 3020. The van der Waals surface area contributed by atoms with Gasteiger partial charge >= 0.3 is 29.8 Å². The molecule has 5 aliphatic carbocycles. The number of allylic oxidation sites excluding steroid dienone is 3. The third-order valence-electron chi connectivity index (χ3n) is 22.3. The Kier molecular flexibility index (Phi) is 30.6. The standard InChI is InChI=1S/C69H104O39/c70-32-7-1-26(13-35(32)73)4-10-48(79)97-23-44-54(85)58(89)62(93)67(106-44)102-39-9-3-28(15-37(39)75)6-12-50(81)96-22-43-53(84)57(88)61(92)66(105-43)100-30-18-34(72)31-20-42(104-69-64(95)60(91)56(87)46(108-69)25-99-51(82)21-47(77)78)65(101-40(31)19-30)29-16-38(76)52(83)41(17-29)103-68-63(94)59(90)55(86)45(107-68)24-98-49(80)11-5-27-2-8-33(71)36(74)14-27/h4-6,10-12,26-46,52-76,83-95H,1-3,7-9,13-25H2,(H,77,78)/p+1/t26?,27?,28?,29?,30?,31?,32?,33?,34?,35?,36?,37?,38?,39?,40?,41?,42?,43-,44-,45-,46-,52?,53-,54-,55-,56-,57+,58+,59+,60+,61-,62-,63-,64-,65?,66-,67-,68-,69-/m1/s1. The van der Waals surface area contributed by atoms with E-state index in [-0.39, 0.29) is 69.6 Å². The van der Waals surface area contributed by atoms with Crippen molar-refractivity contribution in [2.24, 2.45) is 29.6 Å². The SMILES string of the molecule is O=C(O)CC(=O)OC[C@H]1O[C@@H](OC2CC3C(O)CC(O[C@@H]4O[C@H](COC(=O)C=CC5CCC(O[C@@H]6O[C@H](COC(=O)C=CC7CCC(O)C(O)C7)[C@@H](O)[C@H](O)[C@H]6O)C(O)C5)[C@@H](O)[C@H](O)[C@H]4O)CC3[OH+]C2C2CC(O)C(O)C(O[C@@H]3O[C@H](COC(=O)C=CC4CCC(O)C(O)C4)[C@@H](O)[C@H](O)[C@H]3O)C2)[C@H](O)[C@@H](O)[C@@H]1O. The molecule has 39 nitrogen and oxygen atoms in total. The lowest BCUT2D eigenvalue weighted by molar-refractivity contribution is -0.365. The van der Waals surface area contributed by atoms with Crippen molar-refractivity contribution in [1.82, 2.24) is 0 Å². The van der Waals surface area contributed by atoms with Crippen LogP contribution < -0.4 is 0 Å². The van der Waals surface area contributed by atoms with Crippen LogP contribution in [-0.4, -0.2) is 377 Å². The summed E-state index contributed by atoms with van der Waals surface area (Å²) < 4.78 is 73.8. The fraction of sp³-hybridized carbons (Fsp3) is 0.841. The minimum Gasteiger partial charge on any atom is -0.481 e. The van der Waals surface area contributed by atoms with E-state index in [0.29, 0.717) is 32.1 Å². The van der Waals surface area contributed by atoms with Crippen LogP contribution in [0.1, 0.15) is 96.3 Å². The van der Waals surface area contributed by atoms with E-state index in [2.05, 4.69) is 0 Å². The lowest BCUT2D eigenvalue weighted by atomic mass is 9.72. The van der Waals surface area contributed by atoms with Gasteiger partial charge in [0.1, 0.15) is 143 Å². The molecule has 0 radical (unpaired) electrons. The smallest absolute Gasteiger partial charge is 0.330 e. The van der Waals surface area contributed by atoms with Crippen LogP contribution in [0.3, 0.4) is 0 Å². The molecule has 0 bridgehead atoms. The minimum absolute atomic E-state index is 0.0103. The summed E-state index contributed by atoms with van der Waals surface area (Å²) in [6.45, 7) is -2.80. The first-order chi connectivity index (χ1) is 51.2. The predicted octanol–water partition coefficient (Wildman–Crippen LogP) is -9.15. The number of carboxylic acids is 1. The number of carbonyl (C=O) groups excluding carboxylic acids is 4. The monoisotopic (exact) mass is 1560 g/mol. The topological polar surface area (TPSA) is 634 Å². The number of hydrogen-bond donors (Lipinski definition) is 21. The first kappa shape index (κ1) is 85.8. The number of aliphatic hydroxyl groups excluding tert-OH is 20. The van der Waals surface area contributed by atoms with Crippen LogP contribution >= 0.6 is 0 Å². The van der Waals surface area contributed by atoms with Gasteiger partial charge in [-0.3, -0.25) is 9.59 Å². The molecule has 5 saturated carbocycles. The molecule has 10 aliphatic rings. The summed E-state index contributed by atoms with van der Waals surface area (Å²) in [6, 6.07) is 0. The maximum absolute atomic E-state index is 13.2. The first-order valence-electron chi connectivity index (χ1n) is 36.7. The van der Waals surface area contributed by atoms with Crippen molar-refractivity contribution in [3.63, 3.8) is 0 Å². The van der Waals surface area contributed by atoms with Crippen LogP contribution in [0.5, 0.6) is 0 Å². The summed E-state index contributed by atoms with van der Waals surface area (Å²) >= 11 is 0. The number of carbonyl (C=O) groups is 5. The number of rotatable bonds is 25. The molecule has 5 heterocycles. The molecule has 108 heavy (non-hydrogen) atoms. The van der Waals surface area contributed by atoms with E-state index < -0.39 is 289 Å². The second kappa shape index (κ2) is 38.5. The summed E-state index contributed by atoms with van der Waals surface area (Å²) in [5.41, 5.74) is 0. The maximum Gasteiger partial charge on any atom is 0.330 e. The lowest BCUT2D eigenvalue weighted by Crippen LogP contribution is -2.64. The van der Waals surface area contributed by atoms with Gasteiger partial charge in [-0.05, 0) is 94.8 Å². The van der Waals surface area contributed by atoms with Crippen molar-refractivity contribution < 1.29 is 193 Å². The Morgan fingerprint density at radius 2 is 0.731 bits per heavy atom. The van der Waals surface area contributed by atoms with Gasteiger partial charge in [0.2, 0.25) is 0 Å². The molecule has 614 valence electrons. The van der Waals surface area contributed by atoms with Gasteiger partial charge in [-0.1, -0.05) is 18.2 Å². The largest absolute Gasteiger partial charge is 0.481 e. The van der Waals surface area contributed by atoms with Gasteiger partial charge in [-0.25, -0.2) is 14.4 Å². The van der Waals surface area contributed by atoms with Crippen molar-refractivity contribution in [2.45, 2.75) is 305 Å². The van der Waals surface area contributed by atoms with Gasteiger partial charge in [0, 0.05) is 37.0 Å². The van der Waals surface area contributed by atoms with E-state index in [0.717, 1.165) is 18.2 Å². The average Bonchev–Trinajstić information content (AvgIpc) is 0.764. The van der Waals surface area contributed by atoms with Crippen LogP contribution in [0.2, 0.25) is 0 Å². The zero-order valence-corrected chi connectivity index (χ0v) is 58.7. The quantitative estimate of drug-likeness (QED) is 0.0133. The summed E-state index contributed by atoms with van der Waals surface area (Å²) in [7, 11) is 0. The Balaban J connectivity index is 0.752. The van der Waals surface area contributed by atoms with Gasteiger partial charge in [0.05, 0.1) is 67.0 Å². The fourth-order valence-electron chi connectivity index (χ4n) is 15.9. The number of fused-ring (bicyclic) bond motifs is 1. The van der Waals surface area contributed by atoms with Gasteiger partial charge in [0.15, 0.2) is 37.4 Å². The zero-order chi connectivity index (χ0) is 78.3. The highest BCUT2D eigenvalue weighted by atomic mass is 16.7. The van der Waals surface area contributed by atoms with E-state index in [1.165, 1.54) is 18.2 Å². The minimum atomic E-state index is -2.03.